The Morgan fingerprint density at radius 1 is 1.22 bits per heavy atom. The van der Waals surface area contributed by atoms with E-state index in [1.807, 2.05) is 13.8 Å². The fraction of sp³-hybridized carbons (Fsp3) is 0.296. The summed E-state index contributed by atoms with van der Waals surface area (Å²) in [7, 11) is 0.458. The molecule has 4 aromatic rings. The molecule has 11 nitrogen and oxygen atoms in total. The monoisotopic (exact) mass is 597 g/mol. The summed E-state index contributed by atoms with van der Waals surface area (Å²) in [6, 6.07) is 6.38. The van der Waals surface area contributed by atoms with E-state index in [2.05, 4.69) is 25.7 Å². The predicted octanol–water partition coefficient (Wildman–Crippen LogP) is 3.95. The number of nitrogens with one attached hydrogen (secondary N) is 3. The van der Waals surface area contributed by atoms with E-state index in [1.54, 1.807) is 24.4 Å². The minimum atomic E-state index is -0.546. The van der Waals surface area contributed by atoms with E-state index in [4.69, 9.17) is 26.1 Å². The number of nitrogens with zero attached hydrogens (tertiary/aromatic N) is 4. The van der Waals surface area contributed by atoms with Gasteiger partial charge in [-0.2, -0.15) is 5.10 Å². The standard InChI is InChI=1S/C27H29ClFN7O4Si/c1-14(2)40-26-16(7-17(29)10-31-26)9-30-23-21(12-36-24(34-23)20(11-32-36)25(37)35-41)19-6-5-18(8-22(19)28)33-27(38)39-13-15-3-4-15/h5-8,10-12,14-15H,3-4,9,13H2,1-2,41H3,(H,30,34)(H,33,38)(H,35,37). The molecule has 3 aromatic heterocycles. The number of rotatable bonds is 10. The van der Waals surface area contributed by atoms with Crippen molar-refractivity contribution in [1.82, 2.24) is 24.6 Å². The largest absolute Gasteiger partial charge is 0.475 e. The van der Waals surface area contributed by atoms with E-state index in [0.29, 0.717) is 73.2 Å². The Morgan fingerprint density at radius 2 is 2.02 bits per heavy atom. The Bertz CT molecular complexity index is 1610. The molecule has 2 amide bonds. The van der Waals surface area contributed by atoms with Crippen LogP contribution in [0.4, 0.5) is 20.7 Å². The van der Waals surface area contributed by atoms with Crippen LogP contribution < -0.4 is 20.4 Å². The Kier molecular flexibility index (Phi) is 8.35. The maximum absolute atomic E-state index is 14.1. The van der Waals surface area contributed by atoms with E-state index < -0.39 is 11.9 Å². The van der Waals surface area contributed by atoms with Crippen molar-refractivity contribution in [2.24, 2.45) is 5.92 Å². The lowest BCUT2D eigenvalue weighted by molar-refractivity contribution is 0.0983. The number of hydrogen-bond acceptors (Lipinski definition) is 8. The van der Waals surface area contributed by atoms with E-state index in [1.165, 1.54) is 16.8 Å². The quantitative estimate of drug-likeness (QED) is 0.234. The summed E-state index contributed by atoms with van der Waals surface area (Å²) < 4.78 is 26.6. The molecule has 0 saturated heterocycles. The van der Waals surface area contributed by atoms with Gasteiger partial charge in [-0.15, -0.1) is 0 Å². The number of carbonyl (C=O) groups is 2. The van der Waals surface area contributed by atoms with Gasteiger partial charge >= 0.3 is 6.09 Å². The topological polar surface area (TPSA) is 132 Å². The smallest absolute Gasteiger partial charge is 0.411 e. The van der Waals surface area contributed by atoms with Crippen molar-refractivity contribution in [1.29, 1.82) is 0 Å². The molecule has 0 bridgehead atoms. The Morgan fingerprint density at radius 3 is 2.73 bits per heavy atom. The van der Waals surface area contributed by atoms with Gasteiger partial charge in [0.05, 0.1) is 30.1 Å². The van der Waals surface area contributed by atoms with Crippen LogP contribution in [-0.4, -0.2) is 54.7 Å². The van der Waals surface area contributed by atoms with E-state index in [9.17, 15) is 14.0 Å². The van der Waals surface area contributed by atoms with Crippen molar-refractivity contribution in [3.8, 4) is 17.0 Å². The molecule has 1 aliphatic carbocycles. The van der Waals surface area contributed by atoms with Crippen molar-refractivity contribution in [2.75, 3.05) is 17.2 Å². The van der Waals surface area contributed by atoms with Gasteiger partial charge in [0.1, 0.15) is 27.6 Å². The van der Waals surface area contributed by atoms with Gasteiger partial charge in [-0.1, -0.05) is 17.7 Å². The van der Waals surface area contributed by atoms with Crippen molar-refractivity contribution in [2.45, 2.75) is 39.3 Å². The third kappa shape index (κ3) is 6.74. The molecule has 5 rings (SSSR count). The third-order valence-electron chi connectivity index (χ3n) is 6.30. The molecular formula is C27H29ClFN7O4Si. The first-order valence-corrected chi connectivity index (χ1v) is 14.5. The molecule has 214 valence electrons. The molecule has 3 N–H and O–H groups in total. The molecule has 0 spiro atoms. The Hall–Kier alpha value is -4.23. The highest BCUT2D eigenvalue weighted by atomic mass is 35.5. The number of anilines is 2. The number of pyridine rings is 1. The highest BCUT2D eigenvalue weighted by Crippen LogP contribution is 2.35. The lowest BCUT2D eigenvalue weighted by Gasteiger charge is -2.16. The molecule has 0 radical (unpaired) electrons. The first-order valence-electron chi connectivity index (χ1n) is 13.1. The van der Waals surface area contributed by atoms with Crippen LogP contribution >= 0.6 is 11.6 Å². The zero-order chi connectivity index (χ0) is 29.1. The molecule has 41 heavy (non-hydrogen) atoms. The second-order valence-corrected chi connectivity index (χ2v) is 10.8. The summed E-state index contributed by atoms with van der Waals surface area (Å²) in [5, 5.41) is 10.6. The molecule has 1 saturated carbocycles. The van der Waals surface area contributed by atoms with Crippen LogP contribution in [0.3, 0.4) is 0 Å². The summed E-state index contributed by atoms with van der Waals surface area (Å²) >= 11 is 6.69. The predicted molar refractivity (Wildman–Crippen MR) is 156 cm³/mol. The van der Waals surface area contributed by atoms with Crippen molar-refractivity contribution >= 4 is 51.2 Å². The second kappa shape index (κ2) is 12.1. The number of hydrogen-bond donors (Lipinski definition) is 3. The van der Waals surface area contributed by atoms with Gasteiger partial charge in [0.15, 0.2) is 5.65 Å². The van der Waals surface area contributed by atoms with E-state index >= 15 is 0 Å². The fourth-order valence-corrected chi connectivity index (χ4v) is 4.64. The number of amides is 2. The first kappa shape index (κ1) is 28.3. The fourth-order valence-electron chi connectivity index (χ4n) is 4.08. The minimum absolute atomic E-state index is 0.115. The average molecular weight is 598 g/mol. The number of halogens is 2. The van der Waals surface area contributed by atoms with Gasteiger partial charge in [0.25, 0.3) is 0 Å². The van der Waals surface area contributed by atoms with Gasteiger partial charge in [0.2, 0.25) is 11.8 Å². The second-order valence-electron chi connectivity index (χ2n) is 9.91. The average Bonchev–Trinajstić information content (AvgIpc) is 3.68. The molecule has 14 heteroatoms. The third-order valence-corrected chi connectivity index (χ3v) is 7.07. The number of fused-ring (bicyclic) bond motifs is 1. The normalized spacial score (nSPS) is 12.9. The number of ether oxygens (including phenoxy) is 2. The van der Waals surface area contributed by atoms with Gasteiger partial charge in [-0.25, -0.2) is 23.7 Å². The van der Waals surface area contributed by atoms with Crippen LogP contribution in [-0.2, 0) is 11.3 Å². The summed E-state index contributed by atoms with van der Waals surface area (Å²) in [5.74, 6) is 0.307. The molecule has 1 aliphatic rings. The molecular weight excluding hydrogens is 569 g/mol. The zero-order valence-corrected chi connectivity index (χ0v) is 25.5. The number of benzene rings is 1. The Balaban J connectivity index is 1.49. The van der Waals surface area contributed by atoms with Crippen LogP contribution in [0.1, 0.15) is 42.6 Å². The van der Waals surface area contributed by atoms with Crippen LogP contribution in [0.2, 0.25) is 5.02 Å². The summed E-state index contributed by atoms with van der Waals surface area (Å²) in [5.41, 5.74) is 2.72. The number of carbonyl (C=O) groups excluding carboxylic acids is 2. The lowest BCUT2D eigenvalue weighted by Crippen LogP contribution is -2.19. The lowest BCUT2D eigenvalue weighted by atomic mass is 10.1. The SMILES string of the molecule is CC(C)Oc1ncc(F)cc1CNc1nc2c(C(=O)N[SiH3])cnn2cc1-c1ccc(NC(=O)OCC2CC2)cc1Cl. The zero-order valence-electron chi connectivity index (χ0n) is 22.7. The van der Waals surface area contributed by atoms with Gasteiger partial charge < -0.3 is 19.8 Å². The molecule has 0 unspecified atom stereocenters. The summed E-state index contributed by atoms with van der Waals surface area (Å²) in [6.07, 6.45) is 5.67. The summed E-state index contributed by atoms with van der Waals surface area (Å²) in [4.78, 5) is 36.1. The van der Waals surface area contributed by atoms with Crippen LogP contribution in [0.25, 0.3) is 16.8 Å². The molecule has 1 aromatic carbocycles. The van der Waals surface area contributed by atoms with Gasteiger partial charge in [-0.05, 0) is 50.8 Å². The van der Waals surface area contributed by atoms with E-state index in [-0.39, 0.29) is 18.6 Å². The van der Waals surface area contributed by atoms with Gasteiger partial charge in [0, 0.05) is 35.1 Å². The maximum atomic E-state index is 14.1. The molecule has 3 heterocycles. The highest BCUT2D eigenvalue weighted by molar-refractivity contribution is 6.33. The van der Waals surface area contributed by atoms with Crippen molar-refractivity contribution < 1.29 is 23.5 Å². The number of aromatic nitrogens is 4. The van der Waals surface area contributed by atoms with Crippen LogP contribution in [0, 0.1) is 11.7 Å². The van der Waals surface area contributed by atoms with Crippen LogP contribution in [0.15, 0.2) is 42.9 Å². The van der Waals surface area contributed by atoms with E-state index in [0.717, 1.165) is 19.0 Å². The maximum Gasteiger partial charge on any atom is 0.411 e. The highest BCUT2D eigenvalue weighted by Gasteiger charge is 2.23. The van der Waals surface area contributed by atoms with Crippen LogP contribution in [0.5, 0.6) is 5.88 Å². The van der Waals surface area contributed by atoms with Gasteiger partial charge in [-0.3, -0.25) is 10.1 Å². The Labute approximate surface area is 243 Å². The first-order chi connectivity index (χ1) is 19.7. The molecule has 1 fully saturated rings. The molecule has 0 aliphatic heterocycles. The van der Waals surface area contributed by atoms with Crippen molar-refractivity contribution in [3.05, 3.63) is 64.8 Å². The van der Waals surface area contributed by atoms with Crippen molar-refractivity contribution in [3.63, 3.8) is 0 Å². The minimum Gasteiger partial charge on any atom is -0.475 e. The summed E-state index contributed by atoms with van der Waals surface area (Å²) in [6.45, 7) is 4.22. The molecule has 0 atom stereocenters.